The smallest absolute Gasteiger partial charge is 0.226 e. The average Bonchev–Trinajstić information content (AvgIpc) is 3.03. The van der Waals surface area contributed by atoms with E-state index in [2.05, 4.69) is 22.4 Å². The van der Waals surface area contributed by atoms with Crippen LogP contribution in [0.25, 0.3) is 0 Å². The molecule has 1 aromatic carbocycles. The van der Waals surface area contributed by atoms with E-state index in [-0.39, 0.29) is 36.8 Å². The van der Waals surface area contributed by atoms with Gasteiger partial charge in [0.25, 0.3) is 0 Å². The lowest BCUT2D eigenvalue weighted by atomic mass is 9.84. The Labute approximate surface area is 171 Å². The second-order valence-electron chi connectivity index (χ2n) is 6.53. The van der Waals surface area contributed by atoms with Crippen molar-refractivity contribution in [3.8, 4) is 0 Å². The van der Waals surface area contributed by atoms with Crippen LogP contribution in [0, 0.1) is 5.92 Å². The first-order chi connectivity index (χ1) is 11.7. The van der Waals surface area contributed by atoms with E-state index in [9.17, 15) is 4.79 Å². The van der Waals surface area contributed by atoms with Gasteiger partial charge in [0.2, 0.25) is 5.91 Å². The minimum absolute atomic E-state index is 0. The van der Waals surface area contributed by atoms with E-state index in [1.54, 1.807) is 11.3 Å². The molecular formula is C19H27Cl2N3OS. The minimum Gasteiger partial charge on any atom is -0.353 e. The number of halogens is 2. The predicted octanol–water partition coefficient (Wildman–Crippen LogP) is 3.75. The Morgan fingerprint density at radius 2 is 1.92 bits per heavy atom. The summed E-state index contributed by atoms with van der Waals surface area (Å²) in [6.45, 7) is 0.656. The van der Waals surface area contributed by atoms with Crippen molar-refractivity contribution in [3.63, 3.8) is 0 Å². The second-order valence-corrected chi connectivity index (χ2v) is 7.47. The van der Waals surface area contributed by atoms with Gasteiger partial charge in [-0.25, -0.2) is 4.98 Å². The number of rotatable bonds is 6. The molecule has 2 unspecified atom stereocenters. The second kappa shape index (κ2) is 11.5. The zero-order valence-corrected chi connectivity index (χ0v) is 17.2. The van der Waals surface area contributed by atoms with Crippen LogP contribution in [0.2, 0.25) is 0 Å². The fourth-order valence-electron chi connectivity index (χ4n) is 3.38. The molecule has 144 valence electrons. The first-order valence-electron chi connectivity index (χ1n) is 8.71. The molecule has 2 atom stereocenters. The number of carbonyl (C=O) groups excluding carboxylic acids is 1. The fourth-order valence-corrected chi connectivity index (χ4v) is 4.21. The summed E-state index contributed by atoms with van der Waals surface area (Å²) >= 11 is 1.63. The third-order valence-corrected chi connectivity index (χ3v) is 5.59. The molecule has 1 saturated carbocycles. The minimum atomic E-state index is 0. The number of nitrogens with two attached hydrogens (primary N) is 1. The van der Waals surface area contributed by atoms with Gasteiger partial charge in [-0.15, -0.1) is 36.2 Å². The molecule has 1 heterocycles. The summed E-state index contributed by atoms with van der Waals surface area (Å²) in [6, 6.07) is 10.5. The van der Waals surface area contributed by atoms with E-state index < -0.39 is 0 Å². The molecule has 4 nitrogen and oxygen atoms in total. The number of thiazole rings is 1. The molecule has 3 rings (SSSR count). The fraction of sp³-hybridized carbons (Fsp3) is 0.474. The maximum Gasteiger partial charge on any atom is 0.226 e. The van der Waals surface area contributed by atoms with Crippen LogP contribution in [0.15, 0.2) is 35.7 Å². The predicted molar refractivity (Wildman–Crippen MR) is 113 cm³/mol. The highest BCUT2D eigenvalue weighted by Crippen LogP contribution is 2.23. The molecule has 1 aliphatic carbocycles. The summed E-state index contributed by atoms with van der Waals surface area (Å²) in [5, 5.41) is 6.23. The molecule has 1 aromatic heterocycles. The molecule has 0 aliphatic heterocycles. The van der Waals surface area contributed by atoms with Gasteiger partial charge in [0.1, 0.15) is 0 Å². The van der Waals surface area contributed by atoms with Crippen molar-refractivity contribution in [2.75, 3.05) is 6.54 Å². The number of nitrogens with zero attached hydrogens (tertiary/aromatic N) is 1. The number of carbonyl (C=O) groups is 1. The molecular weight excluding hydrogens is 389 g/mol. The highest BCUT2D eigenvalue weighted by Gasteiger charge is 2.25. The molecule has 1 aliphatic rings. The van der Waals surface area contributed by atoms with Gasteiger partial charge in [-0.2, -0.15) is 0 Å². The van der Waals surface area contributed by atoms with Gasteiger partial charge >= 0.3 is 0 Å². The standard InChI is InChI=1S/C19H25N3OS.2ClH/c20-12-15-8-4-5-9-17(15)22-18(23)11-16-13-24-19(21-16)10-14-6-2-1-3-7-14;;/h1-3,6-7,13,15,17H,4-5,8-12,20H2,(H,22,23);2*1H. The van der Waals surface area contributed by atoms with Gasteiger partial charge in [-0.05, 0) is 30.9 Å². The number of hydrogen-bond donors (Lipinski definition) is 2. The quantitative estimate of drug-likeness (QED) is 0.754. The van der Waals surface area contributed by atoms with Gasteiger partial charge in [0.05, 0.1) is 17.1 Å². The summed E-state index contributed by atoms with van der Waals surface area (Å²) in [5.74, 6) is 0.490. The number of nitrogens with one attached hydrogen (secondary N) is 1. The van der Waals surface area contributed by atoms with Crippen LogP contribution in [-0.2, 0) is 17.6 Å². The molecule has 0 spiro atoms. The van der Waals surface area contributed by atoms with Crippen LogP contribution >= 0.6 is 36.2 Å². The highest BCUT2D eigenvalue weighted by atomic mass is 35.5. The molecule has 2 aromatic rings. The Morgan fingerprint density at radius 1 is 1.19 bits per heavy atom. The lowest BCUT2D eigenvalue weighted by Crippen LogP contribution is -2.45. The number of aromatic nitrogens is 1. The van der Waals surface area contributed by atoms with Crippen molar-refractivity contribution in [2.24, 2.45) is 11.7 Å². The summed E-state index contributed by atoms with van der Waals surface area (Å²) in [5.41, 5.74) is 7.95. The van der Waals surface area contributed by atoms with Crippen LogP contribution in [-0.4, -0.2) is 23.5 Å². The van der Waals surface area contributed by atoms with E-state index in [1.807, 2.05) is 23.6 Å². The van der Waals surface area contributed by atoms with Crippen LogP contribution < -0.4 is 11.1 Å². The van der Waals surface area contributed by atoms with Crippen molar-refractivity contribution in [2.45, 2.75) is 44.6 Å². The Kier molecular flexibility index (Phi) is 10.2. The SMILES string of the molecule is Cl.Cl.NCC1CCCCC1NC(=O)Cc1csc(Cc2ccccc2)n1. The van der Waals surface area contributed by atoms with Gasteiger partial charge in [-0.3, -0.25) is 4.79 Å². The molecule has 0 saturated heterocycles. The summed E-state index contributed by atoms with van der Waals surface area (Å²) in [4.78, 5) is 16.9. The Morgan fingerprint density at radius 3 is 2.65 bits per heavy atom. The number of amides is 1. The summed E-state index contributed by atoms with van der Waals surface area (Å²) in [6.07, 6.45) is 5.76. The van der Waals surface area contributed by atoms with E-state index in [1.165, 1.54) is 18.4 Å². The molecule has 1 amide bonds. The third kappa shape index (κ3) is 6.54. The molecule has 26 heavy (non-hydrogen) atoms. The van der Waals surface area contributed by atoms with Gasteiger partial charge < -0.3 is 11.1 Å². The van der Waals surface area contributed by atoms with Crippen molar-refractivity contribution in [3.05, 3.63) is 52.0 Å². The zero-order valence-electron chi connectivity index (χ0n) is 14.7. The Balaban J connectivity index is 0.00000169. The normalized spacial score (nSPS) is 19.1. The molecule has 1 fully saturated rings. The molecule has 7 heteroatoms. The van der Waals surface area contributed by atoms with E-state index in [0.717, 1.165) is 30.0 Å². The Hall–Kier alpha value is -1.14. The van der Waals surface area contributed by atoms with Crippen LogP contribution in [0.4, 0.5) is 0 Å². The topological polar surface area (TPSA) is 68.0 Å². The van der Waals surface area contributed by atoms with Crippen molar-refractivity contribution in [1.29, 1.82) is 0 Å². The van der Waals surface area contributed by atoms with Crippen LogP contribution in [0.5, 0.6) is 0 Å². The van der Waals surface area contributed by atoms with Gasteiger partial charge in [-0.1, -0.05) is 43.2 Å². The Bertz CT molecular complexity index is 666. The lowest BCUT2D eigenvalue weighted by Gasteiger charge is -2.31. The van der Waals surface area contributed by atoms with Crippen molar-refractivity contribution >= 4 is 42.1 Å². The number of hydrogen-bond acceptors (Lipinski definition) is 4. The maximum atomic E-state index is 12.3. The van der Waals surface area contributed by atoms with E-state index in [4.69, 9.17) is 5.73 Å². The third-order valence-electron chi connectivity index (χ3n) is 4.70. The highest BCUT2D eigenvalue weighted by molar-refractivity contribution is 7.09. The average molecular weight is 416 g/mol. The van der Waals surface area contributed by atoms with Crippen LogP contribution in [0.3, 0.4) is 0 Å². The zero-order chi connectivity index (χ0) is 16.8. The molecule has 3 N–H and O–H groups in total. The van der Waals surface area contributed by atoms with Crippen LogP contribution in [0.1, 0.15) is 41.9 Å². The van der Waals surface area contributed by atoms with E-state index >= 15 is 0 Å². The van der Waals surface area contributed by atoms with Gasteiger partial charge in [0.15, 0.2) is 0 Å². The molecule has 0 bridgehead atoms. The first-order valence-corrected chi connectivity index (χ1v) is 9.59. The maximum absolute atomic E-state index is 12.3. The van der Waals surface area contributed by atoms with E-state index in [0.29, 0.717) is 18.9 Å². The van der Waals surface area contributed by atoms with Crippen molar-refractivity contribution < 1.29 is 4.79 Å². The summed E-state index contributed by atoms with van der Waals surface area (Å²) < 4.78 is 0. The first kappa shape index (κ1) is 22.9. The molecule has 0 radical (unpaired) electrons. The monoisotopic (exact) mass is 415 g/mol. The summed E-state index contributed by atoms with van der Waals surface area (Å²) in [7, 11) is 0. The lowest BCUT2D eigenvalue weighted by molar-refractivity contribution is -0.121. The largest absolute Gasteiger partial charge is 0.353 e. The van der Waals surface area contributed by atoms with Gasteiger partial charge in [0, 0.05) is 17.8 Å². The number of benzene rings is 1. The van der Waals surface area contributed by atoms with Crippen molar-refractivity contribution in [1.82, 2.24) is 10.3 Å².